The molecule has 0 fully saturated rings. The maximum atomic E-state index is 11.8. The fraction of sp³-hybridized carbons (Fsp3) is 0.182. The molecule has 0 unspecified atom stereocenters. The standard InChI is InChI=1S/C11H9BrO4/c1-14-6-7-2-3-8(15-7)11(13)9-4-5-10(12)16-9/h2-5H,6H2,1H3. The molecule has 0 atom stereocenters. The van der Waals surface area contributed by atoms with E-state index in [0.717, 1.165) is 0 Å². The average molecular weight is 285 g/mol. The van der Waals surface area contributed by atoms with Crippen LogP contribution in [0.25, 0.3) is 0 Å². The van der Waals surface area contributed by atoms with Gasteiger partial charge in [0.25, 0.3) is 5.78 Å². The summed E-state index contributed by atoms with van der Waals surface area (Å²) in [5.74, 6) is 0.809. The van der Waals surface area contributed by atoms with E-state index in [1.165, 1.54) is 0 Å². The first-order valence-electron chi connectivity index (χ1n) is 4.58. The molecule has 0 spiro atoms. The summed E-state index contributed by atoms with van der Waals surface area (Å²) in [6.45, 7) is 0.342. The van der Waals surface area contributed by atoms with E-state index in [1.54, 1.807) is 31.4 Å². The maximum absolute atomic E-state index is 11.8. The van der Waals surface area contributed by atoms with Gasteiger partial charge in [0.05, 0.1) is 0 Å². The van der Waals surface area contributed by atoms with Gasteiger partial charge in [-0.3, -0.25) is 4.79 Å². The van der Waals surface area contributed by atoms with Gasteiger partial charge in [0, 0.05) is 7.11 Å². The van der Waals surface area contributed by atoms with Crippen LogP contribution in [0.4, 0.5) is 0 Å². The first-order valence-corrected chi connectivity index (χ1v) is 5.37. The third-order valence-electron chi connectivity index (χ3n) is 1.97. The number of hydrogen-bond acceptors (Lipinski definition) is 4. The zero-order valence-electron chi connectivity index (χ0n) is 8.53. The van der Waals surface area contributed by atoms with E-state index in [-0.39, 0.29) is 17.3 Å². The molecule has 2 heterocycles. The summed E-state index contributed by atoms with van der Waals surface area (Å²) in [5.41, 5.74) is 0. The highest BCUT2D eigenvalue weighted by Gasteiger charge is 2.17. The van der Waals surface area contributed by atoms with Gasteiger partial charge >= 0.3 is 0 Å². The van der Waals surface area contributed by atoms with Crippen molar-refractivity contribution in [3.63, 3.8) is 0 Å². The van der Waals surface area contributed by atoms with Crippen LogP contribution in [0.1, 0.15) is 22.1 Å². The minimum absolute atomic E-state index is 0.241. The highest BCUT2D eigenvalue weighted by molar-refractivity contribution is 9.10. The Morgan fingerprint density at radius 3 is 2.56 bits per heavy atom. The molecule has 0 radical (unpaired) electrons. The summed E-state index contributed by atoms with van der Waals surface area (Å²) in [6, 6.07) is 6.55. The zero-order valence-corrected chi connectivity index (χ0v) is 10.1. The number of hydrogen-bond donors (Lipinski definition) is 0. The van der Waals surface area contributed by atoms with E-state index in [2.05, 4.69) is 15.9 Å². The van der Waals surface area contributed by atoms with Crippen LogP contribution in [0.15, 0.2) is 37.8 Å². The number of ketones is 1. The van der Waals surface area contributed by atoms with Gasteiger partial charge in [0.2, 0.25) is 0 Å². The van der Waals surface area contributed by atoms with Crippen molar-refractivity contribution in [1.29, 1.82) is 0 Å². The molecule has 0 aliphatic heterocycles. The topological polar surface area (TPSA) is 52.6 Å². The van der Waals surface area contributed by atoms with E-state index < -0.39 is 0 Å². The molecule has 16 heavy (non-hydrogen) atoms. The van der Waals surface area contributed by atoms with Crippen molar-refractivity contribution >= 4 is 21.7 Å². The number of carbonyl (C=O) groups excluding carboxylic acids is 1. The normalized spacial score (nSPS) is 10.6. The van der Waals surface area contributed by atoms with Crippen molar-refractivity contribution in [3.8, 4) is 0 Å². The Morgan fingerprint density at radius 1 is 1.25 bits per heavy atom. The van der Waals surface area contributed by atoms with E-state index in [9.17, 15) is 4.79 Å². The number of ether oxygens (including phenoxy) is 1. The van der Waals surface area contributed by atoms with E-state index in [0.29, 0.717) is 17.0 Å². The quantitative estimate of drug-likeness (QED) is 0.810. The monoisotopic (exact) mass is 284 g/mol. The van der Waals surface area contributed by atoms with Crippen LogP contribution in [0.5, 0.6) is 0 Å². The summed E-state index contributed by atoms with van der Waals surface area (Å²) >= 11 is 3.13. The van der Waals surface area contributed by atoms with Crippen LogP contribution in [-0.2, 0) is 11.3 Å². The molecule has 4 nitrogen and oxygen atoms in total. The Balaban J connectivity index is 2.20. The van der Waals surface area contributed by atoms with Crippen LogP contribution in [0.3, 0.4) is 0 Å². The maximum Gasteiger partial charge on any atom is 0.263 e. The minimum atomic E-state index is -0.284. The summed E-state index contributed by atoms with van der Waals surface area (Å²) in [7, 11) is 1.56. The number of rotatable bonds is 4. The van der Waals surface area contributed by atoms with E-state index in [1.807, 2.05) is 0 Å². The predicted octanol–water partition coefficient (Wildman–Crippen LogP) is 3.01. The molecule has 5 heteroatoms. The number of methoxy groups -OCH3 is 1. The molecule has 0 saturated carbocycles. The summed E-state index contributed by atoms with van der Waals surface area (Å²) in [6.07, 6.45) is 0. The number of halogens is 1. The molecular formula is C11H9BrO4. The second kappa shape index (κ2) is 4.67. The van der Waals surface area contributed by atoms with Crippen molar-refractivity contribution in [2.45, 2.75) is 6.61 Å². The first kappa shape index (κ1) is 11.2. The van der Waals surface area contributed by atoms with Gasteiger partial charge in [0.15, 0.2) is 16.2 Å². The Morgan fingerprint density at radius 2 is 1.94 bits per heavy atom. The van der Waals surface area contributed by atoms with Crippen LogP contribution in [0, 0.1) is 0 Å². The third kappa shape index (κ3) is 2.25. The van der Waals surface area contributed by atoms with Crippen molar-refractivity contribution in [3.05, 3.63) is 46.2 Å². The second-order valence-corrected chi connectivity index (χ2v) is 3.91. The molecule has 2 rings (SSSR count). The van der Waals surface area contributed by atoms with E-state index >= 15 is 0 Å². The molecule has 2 aromatic rings. The lowest BCUT2D eigenvalue weighted by atomic mass is 10.2. The van der Waals surface area contributed by atoms with Crippen LogP contribution < -0.4 is 0 Å². The highest BCUT2D eigenvalue weighted by atomic mass is 79.9. The Kier molecular flexibility index (Phi) is 3.26. The zero-order chi connectivity index (χ0) is 11.5. The van der Waals surface area contributed by atoms with Crippen molar-refractivity contribution in [2.24, 2.45) is 0 Å². The van der Waals surface area contributed by atoms with Crippen LogP contribution in [-0.4, -0.2) is 12.9 Å². The smallest absolute Gasteiger partial charge is 0.263 e. The van der Waals surface area contributed by atoms with Crippen LogP contribution in [0.2, 0.25) is 0 Å². The highest BCUT2D eigenvalue weighted by Crippen LogP contribution is 2.19. The summed E-state index contributed by atoms with van der Waals surface area (Å²) in [4.78, 5) is 11.8. The predicted molar refractivity (Wildman–Crippen MR) is 59.3 cm³/mol. The number of carbonyl (C=O) groups is 1. The van der Waals surface area contributed by atoms with Crippen molar-refractivity contribution < 1.29 is 18.4 Å². The van der Waals surface area contributed by atoms with Gasteiger partial charge in [-0.15, -0.1) is 0 Å². The molecule has 0 aliphatic rings. The van der Waals surface area contributed by atoms with Crippen LogP contribution >= 0.6 is 15.9 Å². The molecule has 0 bridgehead atoms. The largest absolute Gasteiger partial charge is 0.455 e. The molecule has 2 aromatic heterocycles. The van der Waals surface area contributed by atoms with Gasteiger partial charge in [0.1, 0.15) is 12.4 Å². The second-order valence-electron chi connectivity index (χ2n) is 3.13. The Hall–Kier alpha value is -1.33. The average Bonchev–Trinajstić information content (AvgIpc) is 2.87. The SMILES string of the molecule is COCc1ccc(C(=O)c2ccc(Br)o2)o1. The number of furan rings is 2. The Bertz CT molecular complexity index is 498. The van der Waals surface area contributed by atoms with Gasteiger partial charge in [-0.25, -0.2) is 0 Å². The molecule has 0 saturated heterocycles. The Labute approximate surface area is 100 Å². The molecule has 0 N–H and O–H groups in total. The minimum Gasteiger partial charge on any atom is -0.455 e. The summed E-state index contributed by atoms with van der Waals surface area (Å²) < 4.78 is 15.9. The first-order chi connectivity index (χ1) is 7.70. The van der Waals surface area contributed by atoms with Gasteiger partial charge in [-0.2, -0.15) is 0 Å². The van der Waals surface area contributed by atoms with E-state index in [4.69, 9.17) is 13.6 Å². The van der Waals surface area contributed by atoms with Gasteiger partial charge < -0.3 is 13.6 Å². The fourth-order valence-electron chi connectivity index (χ4n) is 1.28. The lowest BCUT2D eigenvalue weighted by Gasteiger charge is -1.94. The lowest BCUT2D eigenvalue weighted by Crippen LogP contribution is -1.97. The molecule has 0 aromatic carbocycles. The molecule has 0 aliphatic carbocycles. The molecule has 0 amide bonds. The van der Waals surface area contributed by atoms with Crippen molar-refractivity contribution in [2.75, 3.05) is 7.11 Å². The van der Waals surface area contributed by atoms with Gasteiger partial charge in [-0.05, 0) is 40.2 Å². The van der Waals surface area contributed by atoms with Crippen molar-refractivity contribution in [1.82, 2.24) is 0 Å². The van der Waals surface area contributed by atoms with Gasteiger partial charge in [-0.1, -0.05) is 0 Å². The third-order valence-corrected chi connectivity index (χ3v) is 2.40. The molecular weight excluding hydrogens is 276 g/mol. The fourth-order valence-corrected chi connectivity index (χ4v) is 1.58. The lowest BCUT2D eigenvalue weighted by molar-refractivity contribution is 0.0973. The summed E-state index contributed by atoms with van der Waals surface area (Å²) in [5, 5.41) is 0. The molecule has 84 valence electrons.